The van der Waals surface area contributed by atoms with Crippen LogP contribution in [0.1, 0.15) is 57.4 Å². The molecule has 1 aliphatic heterocycles. The first kappa shape index (κ1) is 33.1. The maximum atomic E-state index is 6.53. The van der Waals surface area contributed by atoms with E-state index in [9.17, 15) is 0 Å². The van der Waals surface area contributed by atoms with Gasteiger partial charge in [0.15, 0.2) is 0 Å². The Hall–Kier alpha value is -6.45. The highest BCUT2D eigenvalue weighted by Gasteiger charge is 2.51. The van der Waals surface area contributed by atoms with Crippen molar-refractivity contribution in [3.63, 3.8) is 0 Å². The van der Waals surface area contributed by atoms with E-state index in [0.29, 0.717) is 5.84 Å². The molecule has 4 N–H and O–H groups in total. The third-order valence-corrected chi connectivity index (χ3v) is 12.1. The molecule has 0 bridgehead atoms. The van der Waals surface area contributed by atoms with Crippen LogP contribution in [0.3, 0.4) is 0 Å². The third kappa shape index (κ3) is 5.37. The molecule has 266 valence electrons. The summed E-state index contributed by atoms with van der Waals surface area (Å²) in [5, 5.41) is 7.33. The fourth-order valence-electron chi connectivity index (χ4n) is 9.58. The van der Waals surface area contributed by atoms with Crippen LogP contribution in [-0.4, -0.2) is 18.9 Å². The number of amidine groups is 1. The van der Waals surface area contributed by atoms with Gasteiger partial charge in [0.2, 0.25) is 0 Å². The molecule has 5 unspecified atom stereocenters. The van der Waals surface area contributed by atoms with Gasteiger partial charge in [0.25, 0.3) is 0 Å². The number of aliphatic imine (C=N–C) groups is 1. The van der Waals surface area contributed by atoms with Crippen molar-refractivity contribution in [2.24, 2.45) is 16.6 Å². The van der Waals surface area contributed by atoms with Crippen LogP contribution in [0.5, 0.6) is 0 Å². The normalized spacial score (nSPS) is 23.3. The van der Waals surface area contributed by atoms with E-state index in [0.717, 1.165) is 28.7 Å². The van der Waals surface area contributed by atoms with E-state index in [1.165, 1.54) is 50.2 Å². The zero-order valence-electron chi connectivity index (χ0n) is 30.8. The quantitative estimate of drug-likeness (QED) is 0.0854. The average Bonchev–Trinajstić information content (AvgIpc) is 3.95. The van der Waals surface area contributed by atoms with Gasteiger partial charge in [-0.3, -0.25) is 5.32 Å². The molecular formula is C51H42N4. The Morgan fingerprint density at radius 1 is 0.836 bits per heavy atom. The Labute approximate surface area is 323 Å². The van der Waals surface area contributed by atoms with Gasteiger partial charge in [-0.15, -0.1) is 5.73 Å². The monoisotopic (exact) mass is 710 g/mol. The summed E-state index contributed by atoms with van der Waals surface area (Å²) in [6.45, 7) is 0. The summed E-state index contributed by atoms with van der Waals surface area (Å²) in [6, 6.07) is 43.7. The second-order valence-corrected chi connectivity index (χ2v) is 15.0. The summed E-state index contributed by atoms with van der Waals surface area (Å²) in [4.78, 5) is 4.95. The first-order valence-electron chi connectivity index (χ1n) is 19.3. The highest BCUT2D eigenvalue weighted by Crippen LogP contribution is 2.60. The van der Waals surface area contributed by atoms with E-state index >= 15 is 0 Å². The predicted molar refractivity (Wildman–Crippen MR) is 228 cm³/mol. The SMILES string of the molecule is CNC(N=C(N)c1ccccc1)c1ccccc1-c1ccc(C2(C3C=CC=CC3)C3=C(C=C=C3)c3cc4c(cc32)NC2C=CC(c3ccccc3)=CC42)cc1. The van der Waals surface area contributed by atoms with Crippen molar-refractivity contribution in [2.45, 2.75) is 30.0 Å². The van der Waals surface area contributed by atoms with Crippen LogP contribution in [0, 0.1) is 5.92 Å². The van der Waals surface area contributed by atoms with E-state index in [-0.39, 0.29) is 29.5 Å². The van der Waals surface area contributed by atoms with Gasteiger partial charge >= 0.3 is 0 Å². The fourth-order valence-corrected chi connectivity index (χ4v) is 9.58. The molecule has 5 aromatic carbocycles. The maximum absolute atomic E-state index is 6.53. The number of anilines is 1. The van der Waals surface area contributed by atoms with Gasteiger partial charge in [-0.05, 0) is 105 Å². The van der Waals surface area contributed by atoms with Gasteiger partial charge in [-0.2, -0.15) is 0 Å². The second kappa shape index (κ2) is 13.4. The van der Waals surface area contributed by atoms with Crippen molar-refractivity contribution >= 4 is 22.7 Å². The van der Waals surface area contributed by atoms with Gasteiger partial charge in [-0.25, -0.2) is 4.99 Å². The Kier molecular flexibility index (Phi) is 8.10. The van der Waals surface area contributed by atoms with E-state index in [1.807, 2.05) is 37.4 Å². The molecule has 0 saturated heterocycles. The number of benzene rings is 5. The van der Waals surface area contributed by atoms with E-state index in [4.69, 9.17) is 10.7 Å². The van der Waals surface area contributed by atoms with Gasteiger partial charge in [0, 0.05) is 17.2 Å². The lowest BCUT2D eigenvalue weighted by atomic mass is 9.61. The summed E-state index contributed by atoms with van der Waals surface area (Å²) in [6.07, 6.45) is 21.3. The van der Waals surface area contributed by atoms with Crippen molar-refractivity contribution in [3.05, 3.63) is 226 Å². The number of nitrogens with one attached hydrogen (secondary N) is 2. The van der Waals surface area contributed by atoms with Crippen molar-refractivity contribution in [1.29, 1.82) is 0 Å². The van der Waals surface area contributed by atoms with Crippen molar-refractivity contribution in [1.82, 2.24) is 5.32 Å². The fraction of sp³-hybridized carbons (Fsp3) is 0.137. The molecule has 1 heterocycles. The topological polar surface area (TPSA) is 62.4 Å². The molecule has 55 heavy (non-hydrogen) atoms. The number of nitrogens with two attached hydrogens (primary N) is 1. The molecule has 10 rings (SSSR count). The van der Waals surface area contributed by atoms with Crippen LogP contribution in [0.4, 0.5) is 5.69 Å². The van der Waals surface area contributed by atoms with Gasteiger partial charge in [-0.1, -0.05) is 152 Å². The lowest BCUT2D eigenvalue weighted by Gasteiger charge is -2.40. The summed E-state index contributed by atoms with van der Waals surface area (Å²) in [5.74, 6) is 1.01. The molecule has 4 aliphatic carbocycles. The van der Waals surface area contributed by atoms with Crippen molar-refractivity contribution < 1.29 is 0 Å². The molecule has 0 amide bonds. The number of hydrogen-bond acceptors (Lipinski definition) is 3. The minimum absolute atomic E-state index is 0.232. The zero-order valence-corrected chi connectivity index (χ0v) is 30.8. The highest BCUT2D eigenvalue weighted by atomic mass is 15.1. The predicted octanol–water partition coefficient (Wildman–Crippen LogP) is 10.4. The lowest BCUT2D eigenvalue weighted by Crippen LogP contribution is -2.36. The lowest BCUT2D eigenvalue weighted by molar-refractivity contribution is 0.455. The number of fused-ring (bicyclic) bond motifs is 5. The Balaban J connectivity index is 1.07. The molecule has 4 nitrogen and oxygen atoms in total. The number of rotatable bonds is 8. The molecule has 0 aromatic heterocycles. The molecule has 5 aromatic rings. The van der Waals surface area contributed by atoms with Gasteiger partial charge < -0.3 is 11.1 Å². The Bertz CT molecular complexity index is 2580. The average molecular weight is 711 g/mol. The van der Waals surface area contributed by atoms with Crippen LogP contribution < -0.4 is 16.4 Å². The highest BCUT2D eigenvalue weighted by molar-refractivity contribution is 5.98. The second-order valence-electron chi connectivity index (χ2n) is 15.0. The van der Waals surface area contributed by atoms with E-state index < -0.39 is 0 Å². The van der Waals surface area contributed by atoms with Crippen molar-refractivity contribution in [2.75, 3.05) is 12.4 Å². The first-order valence-corrected chi connectivity index (χ1v) is 19.3. The summed E-state index contributed by atoms with van der Waals surface area (Å²) >= 11 is 0. The minimum Gasteiger partial charge on any atom is -0.383 e. The molecular weight excluding hydrogens is 669 g/mol. The summed E-state index contributed by atoms with van der Waals surface area (Å²) in [5.41, 5.74) is 25.7. The summed E-state index contributed by atoms with van der Waals surface area (Å²) < 4.78 is 0. The molecule has 0 spiro atoms. The zero-order chi connectivity index (χ0) is 36.9. The van der Waals surface area contributed by atoms with Crippen molar-refractivity contribution in [3.8, 4) is 11.1 Å². The number of nitrogens with zero attached hydrogens (tertiary/aromatic N) is 1. The van der Waals surface area contributed by atoms with Gasteiger partial charge in [0.05, 0.1) is 11.5 Å². The molecule has 4 heteroatoms. The number of allylic oxidation sites excluding steroid dienone is 9. The smallest absolute Gasteiger partial charge is 0.128 e. The Morgan fingerprint density at radius 2 is 1.62 bits per heavy atom. The van der Waals surface area contributed by atoms with Gasteiger partial charge in [0.1, 0.15) is 12.0 Å². The number of hydrogen-bond donors (Lipinski definition) is 3. The van der Waals surface area contributed by atoms with Crippen LogP contribution in [0.2, 0.25) is 0 Å². The minimum atomic E-state index is -0.378. The molecule has 5 atom stereocenters. The van der Waals surface area contributed by atoms with Crippen LogP contribution >= 0.6 is 0 Å². The van der Waals surface area contributed by atoms with E-state index in [1.54, 1.807) is 0 Å². The molecule has 0 saturated carbocycles. The largest absolute Gasteiger partial charge is 0.383 e. The standard InChI is InChI=1S/C51H42N4/c1-53-50(55-49(52)35-16-7-3-8-17-35)41-21-12-11-20-39(41)34-24-27-38(28-25-34)51(37-18-9-4-10-19-37)45-23-13-22-40(45)42-31-44-43-30-36(33-14-5-2-6-15-33)26-29-47(43)54-48(44)32-46(42)51/h2-12,14-18,20-32,37,43,47,50,53-54H,19H2,1H3,(H2,52,55). The van der Waals surface area contributed by atoms with Crippen LogP contribution in [0.25, 0.3) is 22.3 Å². The van der Waals surface area contributed by atoms with Crippen LogP contribution in [0.15, 0.2) is 192 Å². The molecule has 5 aliphatic rings. The summed E-state index contributed by atoms with van der Waals surface area (Å²) in [7, 11) is 1.93. The maximum Gasteiger partial charge on any atom is 0.128 e. The first-order chi connectivity index (χ1) is 27.1. The Morgan fingerprint density at radius 3 is 2.40 bits per heavy atom. The van der Waals surface area contributed by atoms with Crippen LogP contribution in [-0.2, 0) is 5.41 Å². The molecule has 0 radical (unpaired) electrons. The van der Waals surface area contributed by atoms with E-state index in [2.05, 4.69) is 162 Å². The third-order valence-electron chi connectivity index (χ3n) is 12.1. The molecule has 0 fully saturated rings.